The van der Waals surface area contributed by atoms with Gasteiger partial charge >= 0.3 is 0 Å². The smallest absolute Gasteiger partial charge is 0.0964 e. The number of aliphatic hydroxyl groups excluding tert-OH is 1. The lowest BCUT2D eigenvalue weighted by atomic mass is 10.2. The molecule has 0 spiro atoms. The van der Waals surface area contributed by atoms with Crippen LogP contribution >= 0.6 is 0 Å². The Balaban J connectivity index is 2.33. The third-order valence-corrected chi connectivity index (χ3v) is 1.94. The highest BCUT2D eigenvalue weighted by atomic mass is 16.3. The van der Waals surface area contributed by atoms with Gasteiger partial charge in [-0.15, -0.1) is 5.10 Å². The fraction of sp³-hybridized carbons (Fsp3) is 0.750. The highest BCUT2D eigenvalue weighted by molar-refractivity contribution is 4.91. The molecule has 1 rings (SSSR count). The molecule has 0 aliphatic heterocycles. The summed E-state index contributed by atoms with van der Waals surface area (Å²) in [6.45, 7) is 2.86. The summed E-state index contributed by atoms with van der Waals surface area (Å²) in [5, 5.41) is 19.8. The van der Waals surface area contributed by atoms with Crippen molar-refractivity contribution in [1.29, 1.82) is 0 Å². The Kier molecular flexibility index (Phi) is 3.85. The van der Waals surface area contributed by atoms with Gasteiger partial charge in [-0.05, 0) is 6.42 Å². The van der Waals surface area contributed by atoms with E-state index in [9.17, 15) is 0 Å². The van der Waals surface area contributed by atoms with E-state index in [0.717, 1.165) is 12.1 Å². The van der Waals surface area contributed by atoms with Gasteiger partial charge in [-0.3, -0.25) is 4.68 Å². The number of nitrogens with zero attached hydrogens (tertiary/aromatic N) is 3. The molecule has 0 saturated carbocycles. The minimum absolute atomic E-state index is 0.155. The number of aryl methyl sites for hydroxylation is 1. The molecule has 13 heavy (non-hydrogen) atoms. The topological polar surface area (TPSA) is 63.0 Å². The number of nitrogens with one attached hydrogen (secondary N) is 1. The maximum absolute atomic E-state index is 8.91. The number of rotatable bonds is 5. The fourth-order valence-corrected chi connectivity index (χ4v) is 1.06. The van der Waals surface area contributed by atoms with E-state index in [-0.39, 0.29) is 12.6 Å². The minimum atomic E-state index is 0.155. The third kappa shape index (κ3) is 3.12. The van der Waals surface area contributed by atoms with Crippen LogP contribution in [0, 0.1) is 0 Å². The van der Waals surface area contributed by atoms with E-state index >= 15 is 0 Å². The van der Waals surface area contributed by atoms with Crippen LogP contribution in [0.5, 0.6) is 0 Å². The molecule has 0 aliphatic carbocycles. The van der Waals surface area contributed by atoms with Crippen molar-refractivity contribution in [1.82, 2.24) is 20.3 Å². The highest BCUT2D eigenvalue weighted by Crippen LogP contribution is 1.94. The van der Waals surface area contributed by atoms with Gasteiger partial charge in [-0.25, -0.2) is 0 Å². The van der Waals surface area contributed by atoms with Crippen molar-refractivity contribution in [3.63, 3.8) is 0 Å². The molecule has 0 radical (unpaired) electrons. The van der Waals surface area contributed by atoms with Gasteiger partial charge in [0.1, 0.15) is 0 Å². The van der Waals surface area contributed by atoms with Crippen molar-refractivity contribution in [2.75, 3.05) is 6.61 Å². The van der Waals surface area contributed by atoms with Crippen LogP contribution in [-0.4, -0.2) is 32.7 Å². The summed E-state index contributed by atoms with van der Waals surface area (Å²) in [5.74, 6) is 0. The monoisotopic (exact) mass is 184 g/mol. The van der Waals surface area contributed by atoms with E-state index < -0.39 is 0 Å². The Morgan fingerprint density at radius 2 is 2.46 bits per heavy atom. The van der Waals surface area contributed by atoms with Crippen LogP contribution in [-0.2, 0) is 13.6 Å². The molecule has 1 heterocycles. The Morgan fingerprint density at radius 3 is 2.92 bits per heavy atom. The molecule has 0 saturated heterocycles. The Bertz CT molecular complexity index is 244. The zero-order valence-corrected chi connectivity index (χ0v) is 8.06. The third-order valence-electron chi connectivity index (χ3n) is 1.94. The minimum Gasteiger partial charge on any atom is -0.395 e. The molecule has 0 bridgehead atoms. The summed E-state index contributed by atoms with van der Waals surface area (Å²) in [5.41, 5.74) is 0.898. The van der Waals surface area contributed by atoms with Crippen LogP contribution in [0.1, 0.15) is 19.0 Å². The summed E-state index contributed by atoms with van der Waals surface area (Å²) in [6, 6.07) is 0.155. The van der Waals surface area contributed by atoms with Gasteiger partial charge in [0.15, 0.2) is 0 Å². The van der Waals surface area contributed by atoms with E-state index in [0.29, 0.717) is 6.54 Å². The van der Waals surface area contributed by atoms with Crippen molar-refractivity contribution in [2.24, 2.45) is 7.05 Å². The van der Waals surface area contributed by atoms with Crippen LogP contribution in [0.3, 0.4) is 0 Å². The van der Waals surface area contributed by atoms with Crippen LogP contribution in [0.25, 0.3) is 0 Å². The van der Waals surface area contributed by atoms with Gasteiger partial charge in [0.2, 0.25) is 0 Å². The first-order chi connectivity index (χ1) is 6.26. The molecule has 1 atom stereocenters. The van der Waals surface area contributed by atoms with Gasteiger partial charge in [-0.2, -0.15) is 0 Å². The van der Waals surface area contributed by atoms with Gasteiger partial charge < -0.3 is 10.4 Å². The standard InChI is InChI=1S/C8H16N4O/c1-3-7(6-13)9-4-8-5-12(2)11-10-8/h5,7,9,13H,3-4,6H2,1-2H3/t7-/m0/s1. The predicted molar refractivity (Wildman–Crippen MR) is 49.0 cm³/mol. The van der Waals surface area contributed by atoms with Gasteiger partial charge in [0, 0.05) is 25.8 Å². The maximum atomic E-state index is 8.91. The van der Waals surface area contributed by atoms with E-state index in [1.807, 2.05) is 20.2 Å². The Morgan fingerprint density at radius 1 is 1.69 bits per heavy atom. The number of hydrogen-bond donors (Lipinski definition) is 2. The summed E-state index contributed by atoms with van der Waals surface area (Å²) in [6.07, 6.45) is 2.77. The summed E-state index contributed by atoms with van der Waals surface area (Å²) in [4.78, 5) is 0. The van der Waals surface area contributed by atoms with Crippen molar-refractivity contribution < 1.29 is 5.11 Å². The summed E-state index contributed by atoms with van der Waals surface area (Å²) < 4.78 is 1.66. The maximum Gasteiger partial charge on any atom is 0.0964 e. The first-order valence-electron chi connectivity index (χ1n) is 4.45. The van der Waals surface area contributed by atoms with Crippen LogP contribution < -0.4 is 5.32 Å². The quantitative estimate of drug-likeness (QED) is 0.658. The SMILES string of the molecule is CC[C@@H](CO)NCc1cn(C)nn1. The first-order valence-corrected chi connectivity index (χ1v) is 4.45. The lowest BCUT2D eigenvalue weighted by Crippen LogP contribution is -2.31. The molecular formula is C8H16N4O. The van der Waals surface area contributed by atoms with Crippen molar-refractivity contribution in [3.05, 3.63) is 11.9 Å². The van der Waals surface area contributed by atoms with Gasteiger partial charge in [0.05, 0.1) is 12.3 Å². The molecule has 0 amide bonds. The predicted octanol–water partition coefficient (Wildman–Crippen LogP) is -0.324. The van der Waals surface area contributed by atoms with E-state index in [4.69, 9.17) is 5.11 Å². The van der Waals surface area contributed by atoms with E-state index in [1.54, 1.807) is 4.68 Å². The first kappa shape index (κ1) is 10.1. The van der Waals surface area contributed by atoms with Gasteiger partial charge in [0.25, 0.3) is 0 Å². The summed E-state index contributed by atoms with van der Waals surface area (Å²) >= 11 is 0. The molecule has 1 aromatic heterocycles. The Labute approximate surface area is 77.8 Å². The van der Waals surface area contributed by atoms with E-state index in [2.05, 4.69) is 15.6 Å². The zero-order valence-electron chi connectivity index (χ0n) is 8.06. The molecule has 0 aliphatic rings. The average molecular weight is 184 g/mol. The number of aromatic nitrogens is 3. The highest BCUT2D eigenvalue weighted by Gasteiger charge is 2.04. The lowest BCUT2D eigenvalue weighted by molar-refractivity contribution is 0.238. The fourth-order valence-electron chi connectivity index (χ4n) is 1.06. The molecule has 2 N–H and O–H groups in total. The van der Waals surface area contributed by atoms with Crippen molar-refractivity contribution >= 4 is 0 Å². The molecule has 74 valence electrons. The average Bonchev–Trinajstić information content (AvgIpc) is 2.53. The second-order valence-electron chi connectivity index (χ2n) is 3.05. The second-order valence-corrected chi connectivity index (χ2v) is 3.05. The lowest BCUT2D eigenvalue weighted by Gasteiger charge is -2.11. The normalized spacial score (nSPS) is 13.2. The molecule has 5 heteroatoms. The Hall–Kier alpha value is -0.940. The van der Waals surface area contributed by atoms with Crippen molar-refractivity contribution in [2.45, 2.75) is 25.9 Å². The molecule has 5 nitrogen and oxygen atoms in total. The van der Waals surface area contributed by atoms with Crippen LogP contribution in [0.4, 0.5) is 0 Å². The van der Waals surface area contributed by atoms with Crippen LogP contribution in [0.2, 0.25) is 0 Å². The van der Waals surface area contributed by atoms with Gasteiger partial charge in [-0.1, -0.05) is 12.1 Å². The van der Waals surface area contributed by atoms with E-state index in [1.165, 1.54) is 0 Å². The molecule has 0 fully saturated rings. The van der Waals surface area contributed by atoms with Crippen LogP contribution in [0.15, 0.2) is 6.20 Å². The zero-order chi connectivity index (χ0) is 9.68. The summed E-state index contributed by atoms with van der Waals surface area (Å²) in [7, 11) is 1.83. The molecule has 1 aromatic rings. The number of hydrogen-bond acceptors (Lipinski definition) is 4. The van der Waals surface area contributed by atoms with Crippen molar-refractivity contribution in [3.8, 4) is 0 Å². The largest absolute Gasteiger partial charge is 0.395 e. The molecular weight excluding hydrogens is 168 g/mol. The number of aliphatic hydroxyl groups is 1. The molecule has 0 unspecified atom stereocenters. The molecule has 0 aromatic carbocycles. The second kappa shape index (κ2) is 4.94.